The molecular weight excluding hydrogens is 501 g/mol. The molecular formula is C28H24N5O2PS. The molecule has 184 valence electrons. The van der Waals surface area contributed by atoms with E-state index in [1.807, 2.05) is 121 Å². The molecule has 0 fully saturated rings. The molecule has 1 aromatic heterocycles. The fraction of sp³-hybridized carbons (Fsp3) is 0.0357. The molecule has 4 aromatic carbocycles. The summed E-state index contributed by atoms with van der Waals surface area (Å²) in [7, 11) is -2.46. The number of aromatic nitrogens is 2. The smallest absolute Gasteiger partial charge is 0.311 e. The monoisotopic (exact) mass is 525 g/mol. The molecule has 0 aliphatic rings. The summed E-state index contributed by atoms with van der Waals surface area (Å²) in [5.74, 6) is 0. The highest BCUT2D eigenvalue weighted by Gasteiger charge is 2.31. The van der Waals surface area contributed by atoms with Gasteiger partial charge in [-0.25, -0.2) is 0 Å². The fourth-order valence-corrected chi connectivity index (χ4v) is 6.15. The van der Waals surface area contributed by atoms with Gasteiger partial charge in [0.1, 0.15) is 5.69 Å². The summed E-state index contributed by atoms with van der Waals surface area (Å²) in [5, 5.41) is 9.34. The van der Waals surface area contributed by atoms with E-state index < -0.39 is 7.52 Å². The van der Waals surface area contributed by atoms with Crippen molar-refractivity contribution in [2.24, 2.45) is 9.86 Å². The molecule has 0 spiro atoms. The van der Waals surface area contributed by atoms with Crippen molar-refractivity contribution >= 4 is 30.2 Å². The van der Waals surface area contributed by atoms with E-state index in [1.54, 1.807) is 4.07 Å². The molecule has 0 amide bonds. The van der Waals surface area contributed by atoms with Crippen molar-refractivity contribution in [2.45, 2.75) is 0 Å². The predicted molar refractivity (Wildman–Crippen MR) is 150 cm³/mol. The Balaban J connectivity index is 1.68. The number of rotatable bonds is 8. The van der Waals surface area contributed by atoms with E-state index in [-0.39, 0.29) is 5.45 Å². The van der Waals surface area contributed by atoms with E-state index in [9.17, 15) is 4.57 Å². The lowest BCUT2D eigenvalue weighted by Crippen LogP contribution is -2.09. The van der Waals surface area contributed by atoms with Gasteiger partial charge in [0.05, 0.1) is 11.4 Å². The van der Waals surface area contributed by atoms with Crippen molar-refractivity contribution in [3.05, 3.63) is 132 Å². The molecule has 0 bridgehead atoms. The van der Waals surface area contributed by atoms with Crippen molar-refractivity contribution in [1.29, 1.82) is 0 Å². The Labute approximate surface area is 219 Å². The molecule has 0 aliphatic heterocycles. The third-order valence-electron chi connectivity index (χ3n) is 5.42. The summed E-state index contributed by atoms with van der Waals surface area (Å²) < 4.78 is 27.0. The van der Waals surface area contributed by atoms with Crippen LogP contribution in [0.25, 0.3) is 16.9 Å². The molecule has 0 aliphatic carbocycles. The van der Waals surface area contributed by atoms with Crippen molar-refractivity contribution in [2.75, 3.05) is 12.5 Å². The number of hydrogen-bond donors (Lipinski definition) is 1. The first kappa shape index (κ1) is 24.6. The van der Waals surface area contributed by atoms with Gasteiger partial charge in [-0.2, -0.15) is 19.0 Å². The summed E-state index contributed by atoms with van der Waals surface area (Å²) in [6.07, 6.45) is 0. The van der Waals surface area contributed by atoms with E-state index in [0.717, 1.165) is 16.9 Å². The number of anilines is 1. The minimum Gasteiger partial charge on any atom is -0.311 e. The zero-order chi connectivity index (χ0) is 25.5. The Bertz CT molecular complexity index is 1600. The van der Waals surface area contributed by atoms with Gasteiger partial charge in [-0.05, 0) is 35.8 Å². The zero-order valence-electron chi connectivity index (χ0n) is 20.0. The first-order valence-corrected chi connectivity index (χ1v) is 13.9. The lowest BCUT2D eigenvalue weighted by atomic mass is 10.2. The largest absolute Gasteiger partial charge is 0.366 e. The van der Waals surface area contributed by atoms with Crippen LogP contribution in [0.15, 0.2) is 131 Å². The van der Waals surface area contributed by atoms with Crippen LogP contribution in [0.2, 0.25) is 0 Å². The summed E-state index contributed by atoms with van der Waals surface area (Å²) in [6.45, 7) is 0. The first-order valence-electron chi connectivity index (χ1n) is 11.5. The maximum Gasteiger partial charge on any atom is 0.366 e. The number of hydrogen-bond acceptors (Lipinski definition) is 6. The van der Waals surface area contributed by atoms with Gasteiger partial charge < -0.3 is 4.52 Å². The van der Waals surface area contributed by atoms with Crippen LogP contribution in [0, 0.1) is 0 Å². The Kier molecular flexibility index (Phi) is 7.51. The van der Waals surface area contributed by atoms with Gasteiger partial charge in [-0.3, -0.25) is 9.99 Å². The van der Waals surface area contributed by atoms with Crippen molar-refractivity contribution in [3.63, 3.8) is 0 Å². The van der Waals surface area contributed by atoms with E-state index >= 15 is 0 Å². The van der Waals surface area contributed by atoms with Gasteiger partial charge in [0.2, 0.25) is 0 Å². The summed E-state index contributed by atoms with van der Waals surface area (Å²) in [4.78, 5) is 0. The molecule has 5 rings (SSSR count). The van der Waals surface area contributed by atoms with Gasteiger partial charge in [-0.15, -0.1) is 0 Å². The third kappa shape index (κ3) is 5.67. The number of para-hydroxylation sites is 2. The van der Waals surface area contributed by atoms with Gasteiger partial charge in [0, 0.05) is 18.2 Å². The average Bonchev–Trinajstić information content (AvgIpc) is 3.38. The van der Waals surface area contributed by atoms with Gasteiger partial charge in [0.25, 0.3) is 0 Å². The summed E-state index contributed by atoms with van der Waals surface area (Å²) in [5.41, 5.74) is 6.94. The molecule has 7 nitrogen and oxygen atoms in total. The second-order valence-electron chi connectivity index (χ2n) is 7.90. The molecule has 9 heteroatoms. The Morgan fingerprint density at radius 1 is 0.838 bits per heavy atom. The van der Waals surface area contributed by atoms with Crippen LogP contribution in [0.4, 0.5) is 5.69 Å². The highest BCUT2D eigenvalue weighted by Crippen LogP contribution is 2.51. The second-order valence-corrected chi connectivity index (χ2v) is 10.8. The molecule has 5 aromatic rings. The Morgan fingerprint density at radius 2 is 1.41 bits per heavy atom. The van der Waals surface area contributed by atoms with Crippen LogP contribution in [-0.2, 0) is 9.09 Å². The van der Waals surface area contributed by atoms with E-state index in [2.05, 4.69) is 10.5 Å². The van der Waals surface area contributed by atoms with E-state index in [0.29, 0.717) is 15.9 Å². The maximum absolute atomic E-state index is 14.4. The predicted octanol–water partition coefficient (Wildman–Crippen LogP) is 6.81. The third-order valence-corrected chi connectivity index (χ3v) is 8.33. The SMILES string of the molecule is CO[P@@](=O)(N=c1sn(-c2ccccc2)nc1-c1ccccc1)/C(=N\Nc1ccccc1)c1ccccc1. The standard InChI is InChI=1S/C28H24N5O2PS/c1-35-36(34,27(23-16-8-3-9-17-23)30-29-24-18-10-4-11-19-24)32-28-26(22-14-6-2-7-15-22)31-33(37-28)25-20-12-5-13-21-25/h2-21,29H,1H3/b30-27-,32-28?/t36-/m1/s1. The number of hydrazone groups is 1. The van der Waals surface area contributed by atoms with Crippen LogP contribution >= 0.6 is 19.1 Å². The van der Waals surface area contributed by atoms with Crippen LogP contribution in [-0.4, -0.2) is 21.7 Å². The number of nitrogens with zero attached hydrogens (tertiary/aromatic N) is 4. The summed E-state index contributed by atoms with van der Waals surface area (Å²) >= 11 is 1.29. The van der Waals surface area contributed by atoms with Crippen LogP contribution in [0.5, 0.6) is 0 Å². The first-order chi connectivity index (χ1) is 18.2. The topological polar surface area (TPSA) is 80.9 Å². The lowest BCUT2D eigenvalue weighted by molar-refractivity contribution is 0.406. The second kappa shape index (κ2) is 11.3. The number of benzene rings is 4. The molecule has 1 heterocycles. The van der Waals surface area contributed by atoms with Crippen molar-refractivity contribution in [1.82, 2.24) is 9.17 Å². The van der Waals surface area contributed by atoms with Crippen molar-refractivity contribution < 1.29 is 9.09 Å². The lowest BCUT2D eigenvalue weighted by Gasteiger charge is -2.14. The highest BCUT2D eigenvalue weighted by molar-refractivity contribution is 7.76. The molecule has 0 unspecified atom stereocenters. The van der Waals surface area contributed by atoms with Crippen LogP contribution in [0.3, 0.4) is 0 Å². The van der Waals surface area contributed by atoms with Crippen molar-refractivity contribution in [3.8, 4) is 16.9 Å². The van der Waals surface area contributed by atoms with Crippen LogP contribution < -0.4 is 10.1 Å². The average molecular weight is 526 g/mol. The van der Waals surface area contributed by atoms with Crippen LogP contribution in [0.1, 0.15) is 5.56 Å². The minimum atomic E-state index is -3.85. The Morgan fingerprint density at radius 3 is 2.03 bits per heavy atom. The zero-order valence-corrected chi connectivity index (χ0v) is 21.7. The quantitative estimate of drug-likeness (QED) is 0.137. The van der Waals surface area contributed by atoms with Gasteiger partial charge in [0.15, 0.2) is 10.1 Å². The molecule has 0 saturated heterocycles. The Hall–Kier alpha value is -4.10. The highest BCUT2D eigenvalue weighted by atomic mass is 32.1. The summed E-state index contributed by atoms with van der Waals surface area (Å²) in [6, 6.07) is 38.2. The molecule has 0 saturated carbocycles. The van der Waals surface area contributed by atoms with Gasteiger partial charge >= 0.3 is 7.52 Å². The maximum atomic E-state index is 14.4. The molecule has 0 radical (unpaired) electrons. The van der Waals surface area contributed by atoms with E-state index in [4.69, 9.17) is 14.4 Å². The molecule has 1 atom stereocenters. The van der Waals surface area contributed by atoms with Gasteiger partial charge in [-0.1, -0.05) is 97.1 Å². The number of nitrogens with one attached hydrogen (secondary N) is 1. The fourth-order valence-electron chi connectivity index (χ4n) is 3.59. The minimum absolute atomic E-state index is 0.207. The van der Waals surface area contributed by atoms with E-state index in [1.165, 1.54) is 18.6 Å². The normalized spacial score (nSPS) is 13.8. The molecule has 37 heavy (non-hydrogen) atoms. The molecule has 1 N–H and O–H groups in total.